The molecule has 0 aromatic heterocycles. The number of carbonyl (C=O) groups excluding carboxylic acids is 2. The predicted octanol–water partition coefficient (Wildman–Crippen LogP) is 4.84. The van der Waals surface area contributed by atoms with Crippen molar-refractivity contribution in [2.45, 2.75) is 70.9 Å². The van der Waals surface area contributed by atoms with Crippen LogP contribution in [0.1, 0.15) is 69.9 Å². The maximum atomic E-state index is 12.2. The lowest BCUT2D eigenvalue weighted by Gasteiger charge is -2.10. The summed E-state index contributed by atoms with van der Waals surface area (Å²) in [5.41, 5.74) is 3.59. The third-order valence-electron chi connectivity index (χ3n) is 7.07. The van der Waals surface area contributed by atoms with Crippen molar-refractivity contribution in [2.75, 3.05) is 36.8 Å². The Morgan fingerprint density at radius 3 is 1.34 bits per heavy atom. The number of benzene rings is 2. The molecule has 2 aromatic rings. The fraction of sp³-hybridized carbons (Fsp3) is 0.484. The maximum Gasteiger partial charge on any atom is 0.319 e. The summed E-state index contributed by atoms with van der Waals surface area (Å²) in [6.07, 6.45) is 7.55. The molecule has 0 fully saturated rings. The fourth-order valence-electron chi connectivity index (χ4n) is 4.77. The van der Waals surface area contributed by atoms with E-state index in [1.165, 1.54) is 0 Å². The number of urea groups is 2. The topological polar surface area (TPSA) is 131 Å². The zero-order chi connectivity index (χ0) is 28.9. The van der Waals surface area contributed by atoms with Crippen molar-refractivity contribution in [1.29, 1.82) is 0 Å². The second kappa shape index (κ2) is 15.6. The van der Waals surface area contributed by atoms with E-state index in [1.807, 2.05) is 48.5 Å². The van der Waals surface area contributed by atoms with Gasteiger partial charge in [-0.05, 0) is 75.2 Å². The molecular formula is C31H44N8O2. The molecule has 41 heavy (non-hydrogen) atoms. The Bertz CT molecular complexity index is 1100. The number of nitrogens with one attached hydrogen (secondary N) is 6. The largest absolute Gasteiger partial charge is 0.366 e. The molecule has 4 amide bonds. The number of unbranched alkanes of at least 4 members (excludes halogenated alkanes) is 6. The Kier molecular flexibility index (Phi) is 11.4. The molecule has 10 nitrogen and oxygen atoms in total. The van der Waals surface area contributed by atoms with Gasteiger partial charge in [-0.2, -0.15) is 0 Å². The zero-order valence-corrected chi connectivity index (χ0v) is 24.3. The van der Waals surface area contributed by atoms with E-state index in [-0.39, 0.29) is 12.1 Å². The molecular weight excluding hydrogens is 516 g/mol. The number of rotatable bonds is 14. The molecule has 4 rings (SSSR count). The lowest BCUT2D eigenvalue weighted by Crippen LogP contribution is -2.29. The minimum absolute atomic E-state index is 0.178. The highest BCUT2D eigenvalue weighted by molar-refractivity contribution is 6.01. The van der Waals surface area contributed by atoms with Crippen LogP contribution in [0.5, 0.6) is 0 Å². The van der Waals surface area contributed by atoms with Gasteiger partial charge < -0.3 is 31.9 Å². The SMILES string of the molecule is CC1CN=C(c2ccc(NC(=O)NCCCCCCCCCNC(=O)Nc3ccc(C4=NCC(C)N4)cc3)cc2)N1. The molecule has 0 bridgehead atoms. The zero-order valence-electron chi connectivity index (χ0n) is 24.3. The van der Waals surface area contributed by atoms with Gasteiger partial charge in [0, 0.05) is 47.7 Å². The van der Waals surface area contributed by atoms with Crippen LogP contribution in [0, 0.1) is 0 Å². The van der Waals surface area contributed by atoms with Gasteiger partial charge in [0.15, 0.2) is 0 Å². The number of aliphatic imine (C=N–C) groups is 2. The van der Waals surface area contributed by atoms with Crippen molar-refractivity contribution in [3.8, 4) is 0 Å². The average molecular weight is 561 g/mol. The Morgan fingerprint density at radius 2 is 1.00 bits per heavy atom. The Morgan fingerprint density at radius 1 is 0.634 bits per heavy atom. The number of anilines is 2. The Hall–Kier alpha value is -4.08. The molecule has 0 spiro atoms. The van der Waals surface area contributed by atoms with E-state index in [0.29, 0.717) is 25.2 Å². The van der Waals surface area contributed by atoms with Crippen LogP contribution in [-0.4, -0.2) is 62.0 Å². The van der Waals surface area contributed by atoms with Crippen molar-refractivity contribution < 1.29 is 9.59 Å². The molecule has 2 aliphatic heterocycles. The summed E-state index contributed by atoms with van der Waals surface area (Å²) in [7, 11) is 0. The molecule has 0 radical (unpaired) electrons. The fourth-order valence-corrected chi connectivity index (χ4v) is 4.77. The number of hydrogen-bond donors (Lipinski definition) is 6. The van der Waals surface area contributed by atoms with Crippen LogP contribution in [0.3, 0.4) is 0 Å². The summed E-state index contributed by atoms with van der Waals surface area (Å²) in [5, 5.41) is 18.3. The number of hydrogen-bond acceptors (Lipinski definition) is 6. The molecule has 10 heteroatoms. The Labute approximate surface area is 243 Å². The second-order valence-electron chi connectivity index (χ2n) is 10.9. The van der Waals surface area contributed by atoms with Crippen LogP contribution in [0.15, 0.2) is 58.5 Å². The van der Waals surface area contributed by atoms with E-state index in [0.717, 1.165) is 92.2 Å². The molecule has 2 aromatic carbocycles. The Balaban J connectivity index is 0.955. The van der Waals surface area contributed by atoms with Crippen LogP contribution in [0.25, 0.3) is 0 Å². The molecule has 2 heterocycles. The van der Waals surface area contributed by atoms with Gasteiger partial charge in [-0.15, -0.1) is 0 Å². The monoisotopic (exact) mass is 560 g/mol. The summed E-state index contributed by atoms with van der Waals surface area (Å²) in [4.78, 5) is 33.3. The summed E-state index contributed by atoms with van der Waals surface area (Å²) in [5.74, 6) is 1.82. The third kappa shape index (κ3) is 10.1. The van der Waals surface area contributed by atoms with E-state index >= 15 is 0 Å². The van der Waals surface area contributed by atoms with Gasteiger partial charge >= 0.3 is 12.1 Å². The highest BCUT2D eigenvalue weighted by Crippen LogP contribution is 2.14. The van der Waals surface area contributed by atoms with Crippen LogP contribution in [0.2, 0.25) is 0 Å². The smallest absolute Gasteiger partial charge is 0.319 e. The highest BCUT2D eigenvalue weighted by atomic mass is 16.2. The van der Waals surface area contributed by atoms with Gasteiger partial charge in [-0.3, -0.25) is 9.98 Å². The van der Waals surface area contributed by atoms with Crippen molar-refractivity contribution in [2.24, 2.45) is 9.98 Å². The molecule has 0 saturated carbocycles. The minimum Gasteiger partial charge on any atom is -0.366 e. The van der Waals surface area contributed by atoms with Gasteiger partial charge in [0.2, 0.25) is 0 Å². The van der Waals surface area contributed by atoms with Gasteiger partial charge in [-0.25, -0.2) is 9.59 Å². The molecule has 2 atom stereocenters. The number of amidine groups is 2. The molecule has 0 saturated heterocycles. The van der Waals surface area contributed by atoms with E-state index in [1.54, 1.807) is 0 Å². The highest BCUT2D eigenvalue weighted by Gasteiger charge is 2.15. The predicted molar refractivity (Wildman–Crippen MR) is 167 cm³/mol. The average Bonchev–Trinajstić information content (AvgIpc) is 3.60. The van der Waals surface area contributed by atoms with Crippen LogP contribution in [0.4, 0.5) is 21.0 Å². The normalized spacial score (nSPS) is 17.6. The van der Waals surface area contributed by atoms with E-state index in [9.17, 15) is 9.59 Å². The van der Waals surface area contributed by atoms with Crippen molar-refractivity contribution >= 4 is 35.1 Å². The first-order valence-electron chi connectivity index (χ1n) is 14.9. The number of amides is 4. The molecule has 6 N–H and O–H groups in total. The van der Waals surface area contributed by atoms with Crippen LogP contribution in [-0.2, 0) is 0 Å². The first-order valence-corrected chi connectivity index (χ1v) is 14.9. The molecule has 2 aliphatic rings. The van der Waals surface area contributed by atoms with Gasteiger partial charge in [0.1, 0.15) is 11.7 Å². The first-order chi connectivity index (χ1) is 20.0. The number of nitrogens with zero attached hydrogens (tertiary/aromatic N) is 2. The lowest BCUT2D eigenvalue weighted by molar-refractivity contribution is 0.251. The van der Waals surface area contributed by atoms with Crippen LogP contribution < -0.4 is 31.9 Å². The summed E-state index contributed by atoms with van der Waals surface area (Å²) < 4.78 is 0. The van der Waals surface area contributed by atoms with Crippen molar-refractivity contribution in [3.05, 3.63) is 59.7 Å². The van der Waals surface area contributed by atoms with Gasteiger partial charge in [0.25, 0.3) is 0 Å². The molecule has 220 valence electrons. The minimum atomic E-state index is -0.178. The van der Waals surface area contributed by atoms with Gasteiger partial charge in [-0.1, -0.05) is 32.1 Å². The van der Waals surface area contributed by atoms with E-state index in [2.05, 4.69) is 55.7 Å². The van der Waals surface area contributed by atoms with Crippen molar-refractivity contribution in [3.63, 3.8) is 0 Å². The lowest BCUT2D eigenvalue weighted by atomic mass is 10.1. The standard InChI is InChI=1S/C31H44N8O2/c1-22-20-34-28(36-22)24-10-14-26(15-11-24)38-30(40)32-18-8-6-4-3-5-7-9-19-33-31(41)39-27-16-12-25(13-17-27)29-35-21-23(2)37-29/h10-17,22-23H,3-9,18-21H2,1-2H3,(H,34,36)(H,35,37)(H2,32,38,40)(H2,33,39,41). The summed E-state index contributed by atoms with van der Waals surface area (Å²) in [6, 6.07) is 15.8. The summed E-state index contributed by atoms with van der Waals surface area (Å²) >= 11 is 0. The molecule has 0 aliphatic carbocycles. The van der Waals surface area contributed by atoms with E-state index < -0.39 is 0 Å². The second-order valence-corrected chi connectivity index (χ2v) is 10.9. The van der Waals surface area contributed by atoms with Crippen LogP contribution >= 0.6 is 0 Å². The third-order valence-corrected chi connectivity index (χ3v) is 7.07. The first kappa shape index (κ1) is 29.9. The molecule has 2 unspecified atom stereocenters. The quantitative estimate of drug-likeness (QED) is 0.185. The van der Waals surface area contributed by atoms with E-state index in [4.69, 9.17) is 0 Å². The summed E-state index contributed by atoms with van der Waals surface area (Å²) in [6.45, 7) is 7.12. The maximum absolute atomic E-state index is 12.2. The number of carbonyl (C=O) groups is 2. The van der Waals surface area contributed by atoms with Gasteiger partial charge in [0.05, 0.1) is 13.1 Å². The van der Waals surface area contributed by atoms with Crippen molar-refractivity contribution in [1.82, 2.24) is 21.3 Å².